The van der Waals surface area contributed by atoms with Crippen LogP contribution in [0, 0.1) is 11.6 Å². The largest absolute Gasteiger partial charge is 0.387 e. The Balaban J connectivity index is 0.00000312. The fourth-order valence-corrected chi connectivity index (χ4v) is 2.10. The van der Waals surface area contributed by atoms with Crippen LogP contribution in [-0.2, 0) is 6.54 Å². The minimum absolute atomic E-state index is 0. The molecule has 2 aromatic rings. The Labute approximate surface area is 163 Å². The highest BCUT2D eigenvalue weighted by atomic mass is 127. The molecule has 1 unspecified atom stereocenters. The molecule has 0 radical (unpaired) electrons. The van der Waals surface area contributed by atoms with E-state index < -0.39 is 6.10 Å². The number of hydrogen-bond donors (Lipinski definition) is 3. The molecule has 0 fully saturated rings. The molecule has 0 saturated heterocycles. The normalized spacial score (nSPS) is 12.2. The molecule has 0 bridgehead atoms. The van der Waals surface area contributed by atoms with E-state index in [1.807, 2.05) is 6.92 Å². The summed E-state index contributed by atoms with van der Waals surface area (Å²) in [5.41, 5.74) is 1.51. The molecule has 25 heavy (non-hydrogen) atoms. The highest BCUT2D eigenvalue weighted by molar-refractivity contribution is 14.0. The first kappa shape index (κ1) is 21.3. The summed E-state index contributed by atoms with van der Waals surface area (Å²) in [5, 5.41) is 16.2. The first-order valence-electron chi connectivity index (χ1n) is 7.78. The molecule has 3 N–H and O–H groups in total. The predicted octanol–water partition coefficient (Wildman–Crippen LogP) is 3.37. The molecule has 0 amide bonds. The van der Waals surface area contributed by atoms with Gasteiger partial charge in [-0.1, -0.05) is 24.3 Å². The zero-order valence-electron chi connectivity index (χ0n) is 13.9. The van der Waals surface area contributed by atoms with Crippen molar-refractivity contribution in [3.8, 4) is 0 Å². The van der Waals surface area contributed by atoms with Crippen LogP contribution in [0.15, 0.2) is 53.5 Å². The average molecular weight is 461 g/mol. The monoisotopic (exact) mass is 461 g/mol. The maximum absolute atomic E-state index is 12.9. The number of aliphatic hydroxyl groups is 1. The van der Waals surface area contributed by atoms with Gasteiger partial charge in [-0.2, -0.15) is 0 Å². The Morgan fingerprint density at radius 2 is 1.56 bits per heavy atom. The Morgan fingerprint density at radius 1 is 1.00 bits per heavy atom. The molecule has 0 aliphatic carbocycles. The summed E-state index contributed by atoms with van der Waals surface area (Å²) in [6.07, 6.45) is -0.778. The number of aliphatic hydroxyl groups excluding tert-OH is 1. The second kappa shape index (κ2) is 11.0. The summed E-state index contributed by atoms with van der Waals surface area (Å²) in [6.45, 7) is 3.23. The molecule has 7 heteroatoms. The van der Waals surface area contributed by atoms with Gasteiger partial charge in [-0.3, -0.25) is 0 Å². The Morgan fingerprint density at radius 3 is 2.12 bits per heavy atom. The van der Waals surface area contributed by atoms with Crippen molar-refractivity contribution in [3.05, 3.63) is 71.3 Å². The maximum atomic E-state index is 12.9. The van der Waals surface area contributed by atoms with E-state index in [0.29, 0.717) is 24.6 Å². The lowest BCUT2D eigenvalue weighted by atomic mass is 10.1. The first-order chi connectivity index (χ1) is 11.6. The van der Waals surface area contributed by atoms with E-state index in [-0.39, 0.29) is 42.2 Å². The van der Waals surface area contributed by atoms with Crippen LogP contribution < -0.4 is 10.6 Å². The Kier molecular flexibility index (Phi) is 9.36. The van der Waals surface area contributed by atoms with Crippen LogP contribution in [-0.4, -0.2) is 24.2 Å². The van der Waals surface area contributed by atoms with E-state index in [1.54, 1.807) is 24.3 Å². The third kappa shape index (κ3) is 7.35. The Hall–Kier alpha value is -1.74. The quantitative estimate of drug-likeness (QED) is 0.352. The molecule has 0 aliphatic rings. The molecular weight excluding hydrogens is 439 g/mol. The van der Waals surface area contributed by atoms with Crippen LogP contribution >= 0.6 is 24.0 Å². The second-order valence-corrected chi connectivity index (χ2v) is 5.27. The van der Waals surface area contributed by atoms with Crippen LogP contribution in [0.4, 0.5) is 8.78 Å². The van der Waals surface area contributed by atoms with Crippen LogP contribution in [0.25, 0.3) is 0 Å². The minimum atomic E-state index is -0.778. The van der Waals surface area contributed by atoms with E-state index in [0.717, 1.165) is 5.56 Å². The number of hydrogen-bond acceptors (Lipinski definition) is 2. The highest BCUT2D eigenvalue weighted by Gasteiger charge is 2.08. The van der Waals surface area contributed by atoms with E-state index in [9.17, 15) is 13.9 Å². The van der Waals surface area contributed by atoms with Gasteiger partial charge < -0.3 is 15.7 Å². The number of aliphatic imine (C=N–C) groups is 1. The number of nitrogens with one attached hydrogen (secondary N) is 2. The van der Waals surface area contributed by atoms with Gasteiger partial charge in [-0.15, -0.1) is 24.0 Å². The van der Waals surface area contributed by atoms with Gasteiger partial charge in [-0.25, -0.2) is 13.8 Å². The van der Waals surface area contributed by atoms with Gasteiger partial charge in [0.05, 0.1) is 12.6 Å². The van der Waals surface area contributed by atoms with Gasteiger partial charge in [-0.05, 0) is 42.3 Å². The number of nitrogens with zero attached hydrogens (tertiary/aromatic N) is 1. The Bertz CT molecular complexity index is 663. The van der Waals surface area contributed by atoms with E-state index >= 15 is 0 Å². The van der Waals surface area contributed by atoms with Gasteiger partial charge >= 0.3 is 0 Å². The molecule has 0 aliphatic heterocycles. The lowest BCUT2D eigenvalue weighted by Crippen LogP contribution is -2.39. The van der Waals surface area contributed by atoms with Crippen LogP contribution in [0.1, 0.15) is 24.2 Å². The fraction of sp³-hybridized carbons (Fsp3) is 0.278. The molecule has 1 atom stereocenters. The summed E-state index contributed by atoms with van der Waals surface area (Å²) in [4.78, 5) is 4.39. The standard InChI is InChI=1S/C18H21F2N3O.HI/c1-2-21-18(22-11-13-3-7-15(19)8-4-13)23-12-17(24)14-5-9-16(20)10-6-14;/h3-10,17,24H,2,11-12H2,1H3,(H2,21,22,23);1H. The molecule has 0 aromatic heterocycles. The summed E-state index contributed by atoms with van der Waals surface area (Å²) in [6, 6.07) is 11.9. The second-order valence-electron chi connectivity index (χ2n) is 5.27. The molecule has 4 nitrogen and oxygen atoms in total. The predicted molar refractivity (Wildman–Crippen MR) is 106 cm³/mol. The van der Waals surface area contributed by atoms with E-state index in [1.165, 1.54) is 24.3 Å². The minimum Gasteiger partial charge on any atom is -0.387 e. The van der Waals surface area contributed by atoms with Gasteiger partial charge in [0.1, 0.15) is 11.6 Å². The SMILES string of the molecule is CCNC(=NCc1ccc(F)cc1)NCC(O)c1ccc(F)cc1.I. The van der Waals surface area contributed by atoms with Crippen molar-refractivity contribution < 1.29 is 13.9 Å². The zero-order valence-corrected chi connectivity index (χ0v) is 16.2. The fourth-order valence-electron chi connectivity index (χ4n) is 2.10. The lowest BCUT2D eigenvalue weighted by molar-refractivity contribution is 0.180. The summed E-state index contributed by atoms with van der Waals surface area (Å²) < 4.78 is 25.8. The van der Waals surface area contributed by atoms with Gasteiger partial charge in [0, 0.05) is 13.1 Å². The number of guanidine groups is 1. The molecule has 0 saturated carbocycles. The highest BCUT2D eigenvalue weighted by Crippen LogP contribution is 2.12. The molecule has 136 valence electrons. The van der Waals surface area contributed by atoms with Crippen LogP contribution in [0.5, 0.6) is 0 Å². The van der Waals surface area contributed by atoms with Crippen molar-refractivity contribution in [3.63, 3.8) is 0 Å². The zero-order chi connectivity index (χ0) is 17.4. The van der Waals surface area contributed by atoms with E-state index in [4.69, 9.17) is 0 Å². The number of halogens is 3. The molecule has 2 rings (SSSR count). The third-order valence-corrected chi connectivity index (χ3v) is 3.39. The first-order valence-corrected chi connectivity index (χ1v) is 7.78. The van der Waals surface area contributed by atoms with E-state index in [2.05, 4.69) is 15.6 Å². The molecule has 0 heterocycles. The smallest absolute Gasteiger partial charge is 0.191 e. The summed E-state index contributed by atoms with van der Waals surface area (Å²) in [5.74, 6) is -0.0775. The molecular formula is C18H22F2IN3O. The number of rotatable bonds is 6. The average Bonchev–Trinajstić information content (AvgIpc) is 2.59. The van der Waals surface area contributed by atoms with Gasteiger partial charge in [0.2, 0.25) is 0 Å². The molecule has 2 aromatic carbocycles. The summed E-state index contributed by atoms with van der Waals surface area (Å²) >= 11 is 0. The van der Waals surface area contributed by atoms with Crippen molar-refractivity contribution in [1.82, 2.24) is 10.6 Å². The van der Waals surface area contributed by atoms with Crippen molar-refractivity contribution in [2.75, 3.05) is 13.1 Å². The topological polar surface area (TPSA) is 56.7 Å². The van der Waals surface area contributed by atoms with Gasteiger partial charge in [0.15, 0.2) is 5.96 Å². The van der Waals surface area contributed by atoms with Crippen molar-refractivity contribution in [1.29, 1.82) is 0 Å². The number of benzene rings is 2. The maximum Gasteiger partial charge on any atom is 0.191 e. The third-order valence-electron chi connectivity index (χ3n) is 3.39. The van der Waals surface area contributed by atoms with Crippen molar-refractivity contribution in [2.45, 2.75) is 19.6 Å². The lowest BCUT2D eigenvalue weighted by Gasteiger charge is -2.15. The van der Waals surface area contributed by atoms with Crippen LogP contribution in [0.3, 0.4) is 0 Å². The molecule has 0 spiro atoms. The van der Waals surface area contributed by atoms with Crippen LogP contribution in [0.2, 0.25) is 0 Å². The van der Waals surface area contributed by atoms with Crippen molar-refractivity contribution >= 4 is 29.9 Å². The van der Waals surface area contributed by atoms with Gasteiger partial charge in [0.25, 0.3) is 0 Å². The van der Waals surface area contributed by atoms with Crippen molar-refractivity contribution in [2.24, 2.45) is 4.99 Å². The summed E-state index contributed by atoms with van der Waals surface area (Å²) in [7, 11) is 0.